The number of hydrogen-bond donors (Lipinski definition) is 1. The van der Waals surface area contributed by atoms with Gasteiger partial charge in [-0.05, 0) is 6.92 Å². The van der Waals surface area contributed by atoms with Crippen LogP contribution in [0.3, 0.4) is 0 Å². The molecule has 2 rings (SSSR count). The van der Waals surface area contributed by atoms with E-state index in [1.807, 2.05) is 0 Å². The molecular weight excluding hydrogens is 324 g/mol. The molecule has 0 saturated carbocycles. The second kappa shape index (κ2) is 6.32. The molecule has 0 aliphatic carbocycles. The maximum Gasteiger partial charge on any atom is 0.339 e. The van der Waals surface area contributed by atoms with Gasteiger partial charge in [0.25, 0.3) is 5.91 Å². The summed E-state index contributed by atoms with van der Waals surface area (Å²) in [5.41, 5.74) is -0.0151. The molecule has 8 nitrogen and oxygen atoms in total. The van der Waals surface area contributed by atoms with Crippen molar-refractivity contribution in [2.24, 2.45) is 0 Å². The number of carbonyl (C=O) groups excluding carboxylic acids is 1. The number of aromatic carboxylic acids is 1. The van der Waals surface area contributed by atoms with Crippen LogP contribution in [0.2, 0.25) is 0 Å². The average molecular weight is 344 g/mol. The first kappa shape index (κ1) is 17.5. The zero-order valence-corrected chi connectivity index (χ0v) is 14.1. The third kappa shape index (κ3) is 3.56. The van der Waals surface area contributed by atoms with E-state index in [-0.39, 0.29) is 42.8 Å². The molecule has 0 spiro atoms. The molecule has 1 aromatic rings. The van der Waals surface area contributed by atoms with Crippen molar-refractivity contribution >= 4 is 21.9 Å². The molecule has 0 radical (unpaired) electrons. The molecule has 0 aromatic carbocycles. The molecule has 0 unspecified atom stereocenters. The lowest BCUT2D eigenvalue weighted by Gasteiger charge is -2.37. The molecule has 1 aromatic heterocycles. The molecule has 2 heterocycles. The zero-order chi connectivity index (χ0) is 17.4. The average Bonchev–Trinajstić information content (AvgIpc) is 2.89. The van der Waals surface area contributed by atoms with Gasteiger partial charge >= 0.3 is 5.97 Å². The zero-order valence-electron chi connectivity index (χ0n) is 13.3. The predicted octanol–water partition coefficient (Wildman–Crippen LogP) is 0.646. The van der Waals surface area contributed by atoms with Gasteiger partial charge in [-0.3, -0.25) is 4.79 Å². The molecule has 1 atom stereocenters. The van der Waals surface area contributed by atoms with Gasteiger partial charge in [-0.15, -0.1) is 0 Å². The first-order chi connectivity index (χ1) is 10.6. The first-order valence-corrected chi connectivity index (χ1v) is 9.12. The van der Waals surface area contributed by atoms with Crippen LogP contribution in [0, 0.1) is 0 Å². The van der Waals surface area contributed by atoms with Gasteiger partial charge in [0.05, 0.1) is 6.26 Å². The molecular formula is C14H20N2O6S. The lowest BCUT2D eigenvalue weighted by Crippen LogP contribution is -2.55. The van der Waals surface area contributed by atoms with Crippen molar-refractivity contribution in [2.75, 3.05) is 25.9 Å². The smallest absolute Gasteiger partial charge is 0.339 e. The molecule has 1 amide bonds. The van der Waals surface area contributed by atoms with E-state index in [1.165, 1.54) is 15.3 Å². The molecule has 1 aliphatic heterocycles. The Morgan fingerprint density at radius 1 is 1.39 bits per heavy atom. The molecule has 1 N–H and O–H groups in total. The summed E-state index contributed by atoms with van der Waals surface area (Å²) in [4.78, 5) is 25.1. The highest BCUT2D eigenvalue weighted by Crippen LogP contribution is 2.20. The Labute approximate surface area is 134 Å². The van der Waals surface area contributed by atoms with E-state index in [9.17, 15) is 18.0 Å². The molecule has 23 heavy (non-hydrogen) atoms. The summed E-state index contributed by atoms with van der Waals surface area (Å²) in [5.74, 6) is -1.34. The Morgan fingerprint density at radius 3 is 2.48 bits per heavy atom. The molecule has 1 aliphatic rings. The van der Waals surface area contributed by atoms with E-state index >= 15 is 0 Å². The highest BCUT2D eigenvalue weighted by atomic mass is 32.2. The minimum Gasteiger partial charge on any atom is -0.478 e. The number of furan rings is 1. The maximum absolute atomic E-state index is 12.5. The van der Waals surface area contributed by atoms with Crippen LogP contribution in [-0.4, -0.2) is 66.5 Å². The van der Waals surface area contributed by atoms with E-state index in [0.29, 0.717) is 6.42 Å². The summed E-state index contributed by atoms with van der Waals surface area (Å²) in [6.07, 6.45) is 1.51. The van der Waals surface area contributed by atoms with Crippen molar-refractivity contribution in [3.05, 3.63) is 23.2 Å². The van der Waals surface area contributed by atoms with Gasteiger partial charge in [0.2, 0.25) is 10.0 Å². The number of carboxylic acid groups (broad SMARTS) is 1. The summed E-state index contributed by atoms with van der Waals surface area (Å²) >= 11 is 0. The minimum absolute atomic E-state index is 0.0151. The van der Waals surface area contributed by atoms with Crippen LogP contribution < -0.4 is 0 Å². The molecule has 1 saturated heterocycles. The van der Waals surface area contributed by atoms with Crippen molar-refractivity contribution in [1.82, 2.24) is 9.21 Å². The fraction of sp³-hybridized carbons (Fsp3) is 0.571. The number of sulfonamides is 1. The Bertz CT molecular complexity index is 724. The lowest BCUT2D eigenvalue weighted by molar-refractivity contribution is 0.0609. The van der Waals surface area contributed by atoms with Crippen LogP contribution in [0.1, 0.15) is 40.5 Å². The Balaban J connectivity index is 2.18. The van der Waals surface area contributed by atoms with Crippen LogP contribution in [0.4, 0.5) is 0 Å². The third-order valence-corrected chi connectivity index (χ3v) is 5.25. The quantitative estimate of drug-likeness (QED) is 0.859. The maximum atomic E-state index is 12.5. The number of aryl methyl sites for hydroxylation is 1. The Morgan fingerprint density at radius 2 is 2.04 bits per heavy atom. The topological polar surface area (TPSA) is 108 Å². The van der Waals surface area contributed by atoms with E-state index in [1.54, 1.807) is 13.8 Å². The summed E-state index contributed by atoms with van der Waals surface area (Å²) in [7, 11) is -3.31. The monoisotopic (exact) mass is 344 g/mol. The number of hydrogen-bond acceptors (Lipinski definition) is 5. The van der Waals surface area contributed by atoms with Crippen molar-refractivity contribution in [3.63, 3.8) is 0 Å². The van der Waals surface area contributed by atoms with Crippen molar-refractivity contribution in [2.45, 2.75) is 26.3 Å². The third-order valence-electron chi connectivity index (χ3n) is 3.85. The summed E-state index contributed by atoms with van der Waals surface area (Å²) in [6, 6.07) is 0.888. The van der Waals surface area contributed by atoms with Crippen molar-refractivity contribution in [3.8, 4) is 0 Å². The van der Waals surface area contributed by atoms with Crippen LogP contribution in [0.5, 0.6) is 0 Å². The minimum atomic E-state index is -3.31. The van der Waals surface area contributed by atoms with Gasteiger partial charge in [-0.25, -0.2) is 13.2 Å². The fourth-order valence-electron chi connectivity index (χ4n) is 2.75. The van der Waals surface area contributed by atoms with Gasteiger partial charge in [0.1, 0.15) is 11.3 Å². The van der Waals surface area contributed by atoms with Gasteiger partial charge in [0.15, 0.2) is 5.76 Å². The van der Waals surface area contributed by atoms with E-state index < -0.39 is 21.9 Å². The summed E-state index contributed by atoms with van der Waals surface area (Å²) in [6.45, 7) is 4.14. The van der Waals surface area contributed by atoms with Gasteiger partial charge in [0, 0.05) is 38.2 Å². The Kier molecular flexibility index (Phi) is 4.81. The second-order valence-electron chi connectivity index (χ2n) is 5.58. The standard InChI is InChI=1S/C14H20N2O6S/c1-4-11-10(14(18)19)7-12(22-11)13(17)15-5-6-16(9(2)8-15)23(3,20)21/h7,9H,4-6,8H2,1-3H3,(H,18,19)/t9-/m0/s1. The van der Waals surface area contributed by atoms with Crippen LogP contribution in [-0.2, 0) is 16.4 Å². The lowest BCUT2D eigenvalue weighted by atomic mass is 10.2. The van der Waals surface area contributed by atoms with Crippen LogP contribution >= 0.6 is 0 Å². The fourth-order valence-corrected chi connectivity index (χ4v) is 3.89. The number of carboxylic acids is 1. The number of rotatable bonds is 4. The summed E-state index contributed by atoms with van der Waals surface area (Å²) in [5, 5.41) is 9.11. The predicted molar refractivity (Wildman–Crippen MR) is 82.0 cm³/mol. The van der Waals surface area contributed by atoms with E-state index in [0.717, 1.165) is 6.26 Å². The summed E-state index contributed by atoms with van der Waals surface area (Å²) < 4.78 is 30.0. The highest BCUT2D eigenvalue weighted by molar-refractivity contribution is 7.88. The first-order valence-electron chi connectivity index (χ1n) is 7.27. The highest BCUT2D eigenvalue weighted by Gasteiger charge is 2.33. The van der Waals surface area contributed by atoms with E-state index in [2.05, 4.69) is 0 Å². The van der Waals surface area contributed by atoms with Crippen molar-refractivity contribution in [1.29, 1.82) is 0 Å². The van der Waals surface area contributed by atoms with Gasteiger partial charge in [-0.2, -0.15) is 4.31 Å². The van der Waals surface area contributed by atoms with E-state index in [4.69, 9.17) is 9.52 Å². The normalized spacial score (nSPS) is 19.8. The van der Waals surface area contributed by atoms with Gasteiger partial charge in [-0.1, -0.05) is 6.92 Å². The SMILES string of the molecule is CCc1oc(C(=O)N2CCN(S(C)(=O)=O)[C@@H](C)C2)cc1C(=O)O. The Hall–Kier alpha value is -1.87. The molecule has 1 fully saturated rings. The molecule has 9 heteroatoms. The largest absolute Gasteiger partial charge is 0.478 e. The second-order valence-corrected chi connectivity index (χ2v) is 7.52. The number of nitrogens with zero attached hydrogens (tertiary/aromatic N) is 2. The number of piperazine rings is 1. The van der Waals surface area contributed by atoms with Crippen LogP contribution in [0.15, 0.2) is 10.5 Å². The number of amides is 1. The molecule has 128 valence electrons. The van der Waals surface area contributed by atoms with Crippen LogP contribution in [0.25, 0.3) is 0 Å². The van der Waals surface area contributed by atoms with Gasteiger partial charge < -0.3 is 14.4 Å². The molecule has 0 bridgehead atoms. The number of carbonyl (C=O) groups is 2. The van der Waals surface area contributed by atoms with Crippen molar-refractivity contribution < 1.29 is 27.5 Å².